The summed E-state index contributed by atoms with van der Waals surface area (Å²) in [6.07, 6.45) is 2.34. The fourth-order valence-electron chi connectivity index (χ4n) is 1.89. The first-order valence-corrected chi connectivity index (χ1v) is 6.78. The van der Waals surface area contributed by atoms with E-state index < -0.39 is 0 Å². The van der Waals surface area contributed by atoms with Crippen molar-refractivity contribution in [3.8, 4) is 0 Å². The van der Waals surface area contributed by atoms with Gasteiger partial charge in [-0.05, 0) is 24.5 Å². The van der Waals surface area contributed by atoms with Gasteiger partial charge in [-0.2, -0.15) is 0 Å². The number of hydrogen-bond acceptors (Lipinski definition) is 3. The Morgan fingerprint density at radius 1 is 1.22 bits per heavy atom. The number of aryl methyl sites for hydroxylation is 1. The molecule has 0 saturated carbocycles. The Kier molecular flexibility index (Phi) is 7.65. The smallest absolute Gasteiger partial charge is 0.0698 e. The first kappa shape index (κ1) is 15.2. The first-order chi connectivity index (χ1) is 8.77. The normalized spacial score (nSPS) is 12.6. The van der Waals surface area contributed by atoms with Crippen LogP contribution in [0, 0.1) is 0 Å². The summed E-state index contributed by atoms with van der Waals surface area (Å²) in [5, 5.41) is 12.0. The van der Waals surface area contributed by atoms with Crippen LogP contribution in [0.3, 0.4) is 0 Å². The van der Waals surface area contributed by atoms with Crippen LogP contribution in [0.15, 0.2) is 24.3 Å². The van der Waals surface area contributed by atoms with E-state index in [0.29, 0.717) is 19.3 Å². The van der Waals surface area contributed by atoms with Crippen LogP contribution in [0.1, 0.15) is 37.4 Å². The zero-order chi connectivity index (χ0) is 13.2. The number of aliphatic hydroxyl groups is 1. The van der Waals surface area contributed by atoms with Crippen LogP contribution < -0.4 is 5.32 Å². The predicted molar refractivity (Wildman–Crippen MR) is 74.8 cm³/mol. The van der Waals surface area contributed by atoms with E-state index in [4.69, 9.17) is 9.84 Å². The molecule has 0 bridgehead atoms. The van der Waals surface area contributed by atoms with Gasteiger partial charge < -0.3 is 15.2 Å². The van der Waals surface area contributed by atoms with Crippen molar-refractivity contribution in [3.05, 3.63) is 35.4 Å². The van der Waals surface area contributed by atoms with Crippen molar-refractivity contribution in [2.24, 2.45) is 0 Å². The van der Waals surface area contributed by atoms with Crippen molar-refractivity contribution >= 4 is 0 Å². The first-order valence-electron chi connectivity index (χ1n) is 6.78. The number of benzene rings is 1. The van der Waals surface area contributed by atoms with Crippen molar-refractivity contribution in [2.75, 3.05) is 26.4 Å². The van der Waals surface area contributed by atoms with Gasteiger partial charge >= 0.3 is 0 Å². The lowest BCUT2D eigenvalue weighted by Gasteiger charge is -2.14. The van der Waals surface area contributed by atoms with Gasteiger partial charge in [-0.25, -0.2) is 0 Å². The van der Waals surface area contributed by atoms with Gasteiger partial charge in [0, 0.05) is 12.6 Å². The third-order valence-electron chi connectivity index (χ3n) is 2.95. The molecule has 0 spiro atoms. The van der Waals surface area contributed by atoms with Gasteiger partial charge in [-0.1, -0.05) is 37.6 Å². The van der Waals surface area contributed by atoms with Crippen molar-refractivity contribution in [1.29, 1.82) is 0 Å². The third kappa shape index (κ3) is 5.63. The topological polar surface area (TPSA) is 41.5 Å². The Morgan fingerprint density at radius 2 is 1.94 bits per heavy atom. The molecular weight excluding hydrogens is 226 g/mol. The van der Waals surface area contributed by atoms with Crippen LogP contribution >= 0.6 is 0 Å². The lowest BCUT2D eigenvalue weighted by atomic mass is 10.0. The average molecular weight is 251 g/mol. The van der Waals surface area contributed by atoms with E-state index >= 15 is 0 Å². The van der Waals surface area contributed by atoms with Crippen molar-refractivity contribution in [1.82, 2.24) is 5.32 Å². The van der Waals surface area contributed by atoms with Gasteiger partial charge in [0.15, 0.2) is 0 Å². The molecule has 18 heavy (non-hydrogen) atoms. The van der Waals surface area contributed by atoms with Gasteiger partial charge in [0.1, 0.15) is 0 Å². The second-order valence-electron chi connectivity index (χ2n) is 4.50. The maximum atomic E-state index is 8.58. The average Bonchev–Trinajstić information content (AvgIpc) is 2.39. The number of rotatable bonds is 9. The van der Waals surface area contributed by atoms with E-state index in [-0.39, 0.29) is 6.61 Å². The molecule has 3 nitrogen and oxygen atoms in total. The number of hydrogen-bond donors (Lipinski definition) is 2. The molecule has 1 aromatic carbocycles. The molecule has 0 amide bonds. The molecule has 1 atom stereocenters. The van der Waals surface area contributed by atoms with Crippen LogP contribution in [0.4, 0.5) is 0 Å². The van der Waals surface area contributed by atoms with Crippen molar-refractivity contribution in [3.63, 3.8) is 0 Å². The second-order valence-corrected chi connectivity index (χ2v) is 4.50. The van der Waals surface area contributed by atoms with Crippen molar-refractivity contribution < 1.29 is 9.84 Å². The highest BCUT2D eigenvalue weighted by Crippen LogP contribution is 2.13. The van der Waals surface area contributed by atoms with E-state index in [9.17, 15) is 0 Å². The number of nitrogens with one attached hydrogen (secondary N) is 1. The monoisotopic (exact) mass is 251 g/mol. The fraction of sp³-hybridized carbons (Fsp3) is 0.600. The van der Waals surface area contributed by atoms with Crippen LogP contribution in [0.5, 0.6) is 0 Å². The zero-order valence-corrected chi connectivity index (χ0v) is 11.5. The molecule has 0 aliphatic rings. The highest BCUT2D eigenvalue weighted by Gasteiger charge is 2.03. The molecule has 102 valence electrons. The van der Waals surface area contributed by atoms with Crippen LogP contribution in [0.25, 0.3) is 0 Å². The standard InChI is InChI=1S/C15H25NO2/c1-3-4-14-5-7-15(8-6-14)13(2)16-9-11-18-12-10-17/h5-8,13,16-17H,3-4,9-12H2,1-2H3. The minimum Gasteiger partial charge on any atom is -0.394 e. The summed E-state index contributed by atoms with van der Waals surface area (Å²) >= 11 is 0. The summed E-state index contributed by atoms with van der Waals surface area (Å²) in [5.41, 5.74) is 2.71. The highest BCUT2D eigenvalue weighted by molar-refractivity contribution is 5.24. The molecule has 0 aliphatic carbocycles. The van der Waals surface area contributed by atoms with E-state index in [1.807, 2.05) is 0 Å². The Bertz CT molecular complexity index is 311. The SMILES string of the molecule is CCCc1ccc(C(C)NCCOCCO)cc1. The molecule has 0 saturated heterocycles. The lowest BCUT2D eigenvalue weighted by Crippen LogP contribution is -2.23. The zero-order valence-electron chi connectivity index (χ0n) is 11.5. The van der Waals surface area contributed by atoms with E-state index in [1.165, 1.54) is 17.5 Å². The molecule has 0 heterocycles. The fourth-order valence-corrected chi connectivity index (χ4v) is 1.89. The third-order valence-corrected chi connectivity index (χ3v) is 2.95. The molecule has 0 radical (unpaired) electrons. The summed E-state index contributed by atoms with van der Waals surface area (Å²) in [5.74, 6) is 0. The summed E-state index contributed by atoms with van der Waals surface area (Å²) < 4.78 is 5.21. The quantitative estimate of drug-likeness (QED) is 0.662. The Balaban J connectivity index is 2.30. The molecule has 1 unspecified atom stereocenters. The van der Waals surface area contributed by atoms with Crippen molar-refractivity contribution in [2.45, 2.75) is 32.7 Å². The number of aliphatic hydroxyl groups excluding tert-OH is 1. The van der Waals surface area contributed by atoms with Gasteiger partial charge in [0.25, 0.3) is 0 Å². The van der Waals surface area contributed by atoms with E-state index in [2.05, 4.69) is 43.4 Å². The molecule has 2 N–H and O–H groups in total. The maximum absolute atomic E-state index is 8.58. The molecule has 0 aliphatic heterocycles. The minimum absolute atomic E-state index is 0.0917. The molecule has 0 aromatic heterocycles. The molecular formula is C15H25NO2. The van der Waals surface area contributed by atoms with Crippen LogP contribution in [-0.2, 0) is 11.2 Å². The largest absolute Gasteiger partial charge is 0.394 e. The summed E-state index contributed by atoms with van der Waals surface area (Å²) in [7, 11) is 0. The molecule has 0 fully saturated rings. The van der Waals surface area contributed by atoms with Gasteiger partial charge in [-0.3, -0.25) is 0 Å². The Hall–Kier alpha value is -0.900. The summed E-state index contributed by atoms with van der Waals surface area (Å²) in [6.45, 7) is 6.30. The van der Waals surface area contributed by atoms with E-state index in [1.54, 1.807) is 0 Å². The summed E-state index contributed by atoms with van der Waals surface area (Å²) in [6, 6.07) is 9.13. The van der Waals surface area contributed by atoms with Gasteiger partial charge in [0.2, 0.25) is 0 Å². The molecule has 3 heteroatoms. The van der Waals surface area contributed by atoms with Gasteiger partial charge in [-0.15, -0.1) is 0 Å². The molecule has 1 rings (SSSR count). The number of ether oxygens (including phenoxy) is 1. The Morgan fingerprint density at radius 3 is 2.56 bits per heavy atom. The molecule has 1 aromatic rings. The minimum atomic E-state index is 0.0917. The highest BCUT2D eigenvalue weighted by atomic mass is 16.5. The maximum Gasteiger partial charge on any atom is 0.0698 e. The van der Waals surface area contributed by atoms with E-state index in [0.717, 1.165) is 13.0 Å². The summed E-state index contributed by atoms with van der Waals surface area (Å²) in [4.78, 5) is 0. The van der Waals surface area contributed by atoms with Gasteiger partial charge in [0.05, 0.1) is 19.8 Å². The second kappa shape index (κ2) is 9.09. The lowest BCUT2D eigenvalue weighted by molar-refractivity contribution is 0.0928. The Labute approximate surface area is 110 Å². The van der Waals surface area contributed by atoms with Crippen LogP contribution in [0.2, 0.25) is 0 Å². The van der Waals surface area contributed by atoms with Crippen LogP contribution in [-0.4, -0.2) is 31.5 Å². The predicted octanol–water partition coefficient (Wildman–Crippen LogP) is 2.30.